The number of carbonyl (C=O) groups excluding carboxylic acids is 2. The average molecular weight is 516 g/mol. The van der Waals surface area contributed by atoms with Gasteiger partial charge < -0.3 is 14.4 Å². The Kier molecular flexibility index (Phi) is 7.58. The maximum Gasteiger partial charge on any atom is 0.266 e. The van der Waals surface area contributed by atoms with Crippen LogP contribution in [-0.4, -0.2) is 66.7 Å². The van der Waals surface area contributed by atoms with Crippen molar-refractivity contribution in [1.82, 2.24) is 9.80 Å². The van der Waals surface area contributed by atoms with E-state index in [0.29, 0.717) is 54.2 Å². The lowest BCUT2D eigenvalue weighted by Crippen LogP contribution is -2.40. The van der Waals surface area contributed by atoms with Crippen LogP contribution in [-0.2, 0) is 9.53 Å². The molecule has 0 radical (unpaired) electrons. The van der Waals surface area contributed by atoms with Crippen LogP contribution in [0, 0.1) is 0 Å². The lowest BCUT2D eigenvalue weighted by atomic mass is 10.0. The quantitative estimate of drug-likeness (QED) is 0.415. The summed E-state index contributed by atoms with van der Waals surface area (Å²) < 4.78 is 11.4. The standard InChI is InChI=1S/C29H29N3O4S/c1-3-15-36-25-12-11-20-7-4-5-10-23(20)24(25)19-26-28(34)31(2)29(37-26)30-22-9-6-8-21(18-22)27(33)32-13-16-35-17-14-32/h4-12,18-19H,3,13-17H2,1-2H3/b26-19+,30-29?. The molecule has 0 aliphatic carbocycles. The van der Waals surface area contributed by atoms with E-state index in [-0.39, 0.29) is 11.8 Å². The zero-order chi connectivity index (χ0) is 25.8. The molecule has 2 fully saturated rings. The van der Waals surface area contributed by atoms with Crippen LogP contribution >= 0.6 is 11.8 Å². The molecule has 0 saturated carbocycles. The van der Waals surface area contributed by atoms with Crippen LogP contribution in [0.1, 0.15) is 29.3 Å². The van der Waals surface area contributed by atoms with Gasteiger partial charge in [0.25, 0.3) is 11.8 Å². The second-order valence-electron chi connectivity index (χ2n) is 8.87. The van der Waals surface area contributed by atoms with Crippen LogP contribution in [0.25, 0.3) is 16.8 Å². The van der Waals surface area contributed by atoms with Crippen LogP contribution in [0.15, 0.2) is 70.6 Å². The summed E-state index contributed by atoms with van der Waals surface area (Å²) in [5, 5.41) is 2.67. The molecule has 2 aliphatic rings. The van der Waals surface area contributed by atoms with Gasteiger partial charge >= 0.3 is 0 Å². The molecule has 0 bridgehead atoms. The highest BCUT2D eigenvalue weighted by atomic mass is 32.2. The van der Waals surface area contributed by atoms with Gasteiger partial charge in [-0.3, -0.25) is 14.5 Å². The topological polar surface area (TPSA) is 71.4 Å². The zero-order valence-electron chi connectivity index (χ0n) is 21.0. The molecule has 2 amide bonds. The van der Waals surface area contributed by atoms with Gasteiger partial charge in [-0.2, -0.15) is 0 Å². The fourth-order valence-corrected chi connectivity index (χ4v) is 5.28. The summed E-state index contributed by atoms with van der Waals surface area (Å²) in [6.45, 7) is 4.93. The molecule has 0 N–H and O–H groups in total. The number of ether oxygens (including phenoxy) is 2. The molecule has 5 rings (SSSR count). The van der Waals surface area contributed by atoms with Gasteiger partial charge in [-0.15, -0.1) is 0 Å². The normalized spacial score (nSPS) is 18.3. The number of benzene rings is 3. The Labute approximate surface area is 220 Å². The van der Waals surface area contributed by atoms with Gasteiger partial charge in [0, 0.05) is 31.3 Å². The summed E-state index contributed by atoms with van der Waals surface area (Å²) in [4.78, 5) is 34.7. The first kappa shape index (κ1) is 25.0. The molecule has 0 aromatic heterocycles. The SMILES string of the molecule is CCCOc1ccc2ccccc2c1/C=C1/SC(=Nc2cccc(C(=O)N3CCOCC3)c2)N(C)C1=O. The molecule has 8 heteroatoms. The number of hydrogen-bond donors (Lipinski definition) is 0. The van der Waals surface area contributed by atoms with E-state index in [4.69, 9.17) is 14.5 Å². The van der Waals surface area contributed by atoms with E-state index in [9.17, 15) is 9.59 Å². The predicted molar refractivity (Wildman–Crippen MR) is 148 cm³/mol. The van der Waals surface area contributed by atoms with Gasteiger partial charge in [-0.05, 0) is 59.3 Å². The number of amides is 2. The Balaban J connectivity index is 1.45. The molecule has 3 aromatic carbocycles. The van der Waals surface area contributed by atoms with E-state index in [1.54, 1.807) is 29.0 Å². The van der Waals surface area contributed by atoms with Crippen LogP contribution in [0.4, 0.5) is 5.69 Å². The Hall–Kier alpha value is -3.62. The zero-order valence-corrected chi connectivity index (χ0v) is 21.8. The molecule has 2 heterocycles. The van der Waals surface area contributed by atoms with Crippen molar-refractivity contribution >= 4 is 51.3 Å². The van der Waals surface area contributed by atoms with Crippen molar-refractivity contribution in [3.8, 4) is 5.75 Å². The van der Waals surface area contributed by atoms with Gasteiger partial charge in [0.15, 0.2) is 5.17 Å². The Bertz CT molecular complexity index is 1390. The number of nitrogens with zero attached hydrogens (tertiary/aromatic N) is 3. The van der Waals surface area contributed by atoms with E-state index in [1.807, 2.05) is 48.5 Å². The molecule has 3 aromatic rings. The maximum atomic E-state index is 13.2. The molecule has 2 saturated heterocycles. The van der Waals surface area contributed by atoms with E-state index in [0.717, 1.165) is 28.5 Å². The third-order valence-corrected chi connectivity index (χ3v) is 7.35. The molecular weight excluding hydrogens is 486 g/mol. The first-order valence-electron chi connectivity index (χ1n) is 12.4. The third kappa shape index (κ3) is 5.40. The molecule has 0 unspecified atom stereocenters. The first-order chi connectivity index (χ1) is 18.0. The molecular formula is C29H29N3O4S. The Morgan fingerprint density at radius 1 is 1.11 bits per heavy atom. The van der Waals surface area contributed by atoms with Crippen molar-refractivity contribution < 1.29 is 19.1 Å². The van der Waals surface area contributed by atoms with Gasteiger partial charge in [0.2, 0.25) is 0 Å². The van der Waals surface area contributed by atoms with Crippen molar-refractivity contribution in [3.05, 3.63) is 76.7 Å². The molecule has 190 valence electrons. The summed E-state index contributed by atoms with van der Waals surface area (Å²) in [6.07, 6.45) is 2.79. The number of hydrogen-bond acceptors (Lipinski definition) is 6. The summed E-state index contributed by atoms with van der Waals surface area (Å²) in [5.74, 6) is 0.590. The number of morpholine rings is 1. The first-order valence-corrected chi connectivity index (χ1v) is 13.2. The van der Waals surface area contributed by atoms with Crippen molar-refractivity contribution in [3.63, 3.8) is 0 Å². The lowest BCUT2D eigenvalue weighted by Gasteiger charge is -2.26. The molecule has 0 spiro atoms. The van der Waals surface area contributed by atoms with Gasteiger partial charge in [0.05, 0.1) is 30.4 Å². The second-order valence-corrected chi connectivity index (χ2v) is 9.88. The monoisotopic (exact) mass is 515 g/mol. The minimum atomic E-state index is -0.126. The number of thioether (sulfide) groups is 1. The number of rotatable bonds is 6. The Morgan fingerprint density at radius 3 is 2.73 bits per heavy atom. The molecule has 0 atom stereocenters. The largest absolute Gasteiger partial charge is 0.493 e. The number of amidine groups is 1. The fourth-order valence-electron chi connectivity index (χ4n) is 4.31. The van der Waals surface area contributed by atoms with Crippen molar-refractivity contribution in [1.29, 1.82) is 0 Å². The smallest absolute Gasteiger partial charge is 0.266 e. The minimum Gasteiger partial charge on any atom is -0.493 e. The predicted octanol–water partition coefficient (Wildman–Crippen LogP) is 5.33. The molecule has 2 aliphatic heterocycles. The fraction of sp³-hybridized carbons (Fsp3) is 0.276. The molecule has 37 heavy (non-hydrogen) atoms. The lowest BCUT2D eigenvalue weighted by molar-refractivity contribution is -0.121. The highest BCUT2D eigenvalue weighted by molar-refractivity contribution is 8.18. The Morgan fingerprint density at radius 2 is 1.92 bits per heavy atom. The van der Waals surface area contributed by atoms with E-state index in [1.165, 1.54) is 11.8 Å². The van der Waals surface area contributed by atoms with Gasteiger partial charge in [0.1, 0.15) is 5.75 Å². The number of aliphatic imine (C=N–C) groups is 1. The summed E-state index contributed by atoms with van der Waals surface area (Å²) in [5.41, 5.74) is 2.08. The minimum absolute atomic E-state index is 0.0370. The van der Waals surface area contributed by atoms with Gasteiger partial charge in [-0.25, -0.2) is 4.99 Å². The van der Waals surface area contributed by atoms with Crippen LogP contribution < -0.4 is 4.74 Å². The van der Waals surface area contributed by atoms with Gasteiger partial charge in [-0.1, -0.05) is 43.3 Å². The second kappa shape index (κ2) is 11.2. The van der Waals surface area contributed by atoms with E-state index >= 15 is 0 Å². The highest BCUT2D eigenvalue weighted by Crippen LogP contribution is 2.37. The number of fused-ring (bicyclic) bond motifs is 1. The molecule has 7 nitrogen and oxygen atoms in total. The number of carbonyl (C=O) groups is 2. The highest BCUT2D eigenvalue weighted by Gasteiger charge is 2.31. The summed E-state index contributed by atoms with van der Waals surface area (Å²) in [6, 6.07) is 19.3. The van der Waals surface area contributed by atoms with Crippen molar-refractivity contribution in [2.24, 2.45) is 4.99 Å². The van der Waals surface area contributed by atoms with Crippen LogP contribution in [0.5, 0.6) is 5.75 Å². The summed E-state index contributed by atoms with van der Waals surface area (Å²) >= 11 is 1.32. The van der Waals surface area contributed by atoms with Crippen molar-refractivity contribution in [2.45, 2.75) is 13.3 Å². The number of likely N-dealkylation sites (N-methyl/N-ethyl adjacent to an activating group) is 1. The average Bonchev–Trinajstić information content (AvgIpc) is 3.20. The van der Waals surface area contributed by atoms with Crippen LogP contribution in [0.2, 0.25) is 0 Å². The summed E-state index contributed by atoms with van der Waals surface area (Å²) in [7, 11) is 1.72. The van der Waals surface area contributed by atoms with Crippen LogP contribution in [0.3, 0.4) is 0 Å². The van der Waals surface area contributed by atoms with Crippen molar-refractivity contribution in [2.75, 3.05) is 40.0 Å². The van der Waals surface area contributed by atoms with E-state index in [2.05, 4.69) is 13.0 Å². The maximum absolute atomic E-state index is 13.2. The van der Waals surface area contributed by atoms with E-state index < -0.39 is 0 Å². The third-order valence-electron chi connectivity index (χ3n) is 6.29.